The molecule has 3 N–H and O–H groups in total. The Labute approximate surface area is 114 Å². The van der Waals surface area contributed by atoms with E-state index < -0.39 is 8.32 Å². The fraction of sp³-hybridized carbons (Fsp3) is 0.583. The van der Waals surface area contributed by atoms with Gasteiger partial charge < -0.3 is 15.4 Å². The van der Waals surface area contributed by atoms with Gasteiger partial charge in [0.1, 0.15) is 0 Å². The summed E-state index contributed by atoms with van der Waals surface area (Å²) < 4.78 is 6.11. The lowest BCUT2D eigenvalue weighted by Gasteiger charge is -2.36. The zero-order valence-corrected chi connectivity index (χ0v) is 13.5. The Morgan fingerprint density at radius 1 is 1.44 bits per heavy atom. The first-order valence-corrected chi connectivity index (χ1v) is 9.60. The molecule has 18 heavy (non-hydrogen) atoms. The van der Waals surface area contributed by atoms with Gasteiger partial charge in [0.25, 0.3) is 0 Å². The van der Waals surface area contributed by atoms with E-state index in [2.05, 4.69) is 39.0 Å². The first-order valence-electron chi connectivity index (χ1n) is 5.88. The molecule has 1 aromatic heterocycles. The van der Waals surface area contributed by atoms with Gasteiger partial charge in [-0.1, -0.05) is 25.9 Å². The molecule has 0 aromatic carbocycles. The summed E-state index contributed by atoms with van der Waals surface area (Å²) in [7, 11) is -1.72. The van der Waals surface area contributed by atoms with Gasteiger partial charge in [-0.15, -0.1) is 11.3 Å². The first-order chi connectivity index (χ1) is 8.17. The van der Waals surface area contributed by atoms with E-state index >= 15 is 0 Å². The molecule has 0 aliphatic carbocycles. The number of nitrogens with two attached hydrogens (primary N) is 1. The molecule has 0 aliphatic rings. The molecule has 0 bridgehead atoms. The molecule has 6 heteroatoms. The maximum Gasteiger partial charge on any atom is 0.192 e. The van der Waals surface area contributed by atoms with Gasteiger partial charge in [0.2, 0.25) is 0 Å². The van der Waals surface area contributed by atoms with Crippen molar-refractivity contribution in [2.45, 2.75) is 45.5 Å². The second-order valence-corrected chi connectivity index (χ2v) is 11.8. The number of rotatable bonds is 4. The van der Waals surface area contributed by atoms with Crippen molar-refractivity contribution in [3.63, 3.8) is 0 Å². The Kier molecular flexibility index (Phi) is 4.58. The van der Waals surface area contributed by atoms with E-state index in [0.29, 0.717) is 6.61 Å². The second-order valence-electron chi connectivity index (χ2n) is 5.80. The van der Waals surface area contributed by atoms with E-state index in [1.165, 1.54) is 11.3 Å². The van der Waals surface area contributed by atoms with Crippen LogP contribution in [0.5, 0.6) is 0 Å². The van der Waals surface area contributed by atoms with E-state index in [0.717, 1.165) is 9.75 Å². The Hall–Kier alpha value is -0.853. The Balaban J connectivity index is 2.68. The van der Waals surface area contributed by atoms with Crippen LogP contribution < -0.4 is 5.73 Å². The summed E-state index contributed by atoms with van der Waals surface area (Å²) in [6, 6.07) is 3.81. The highest BCUT2D eigenvalue weighted by Gasteiger charge is 2.37. The fourth-order valence-corrected chi connectivity index (χ4v) is 2.98. The molecular formula is C12H22N2O2SSi. The molecule has 0 saturated carbocycles. The standard InChI is InChI=1S/C12H22N2O2SSi/c1-12(2,3)18(4,5)16-8-9-6-7-10(17-9)11(13)14-15/h6-7,15H,8H2,1-5H3,(H2,13,14). The van der Waals surface area contributed by atoms with Crippen molar-refractivity contribution in [2.24, 2.45) is 10.9 Å². The van der Waals surface area contributed by atoms with Gasteiger partial charge in [-0.2, -0.15) is 0 Å². The fourth-order valence-electron chi connectivity index (χ4n) is 1.11. The van der Waals surface area contributed by atoms with Crippen molar-refractivity contribution < 1.29 is 9.63 Å². The molecule has 1 heterocycles. The average molecular weight is 286 g/mol. The maximum absolute atomic E-state index is 8.61. The normalized spacial score (nSPS) is 13.9. The highest BCUT2D eigenvalue weighted by Crippen LogP contribution is 2.37. The van der Waals surface area contributed by atoms with E-state index in [1.54, 1.807) is 0 Å². The van der Waals surface area contributed by atoms with Crippen LogP contribution in [0.4, 0.5) is 0 Å². The van der Waals surface area contributed by atoms with Gasteiger partial charge in [0, 0.05) is 4.88 Å². The molecule has 0 fully saturated rings. The monoisotopic (exact) mass is 286 g/mol. The largest absolute Gasteiger partial charge is 0.412 e. The summed E-state index contributed by atoms with van der Waals surface area (Å²) in [6.07, 6.45) is 0. The van der Waals surface area contributed by atoms with Gasteiger partial charge in [0.05, 0.1) is 11.5 Å². The second kappa shape index (κ2) is 5.42. The van der Waals surface area contributed by atoms with Crippen LogP contribution in [0.15, 0.2) is 17.3 Å². The third-order valence-corrected chi connectivity index (χ3v) is 8.96. The summed E-state index contributed by atoms with van der Waals surface area (Å²) in [5.74, 6) is 0.151. The predicted octanol–water partition coefficient (Wildman–Crippen LogP) is 3.36. The smallest absolute Gasteiger partial charge is 0.192 e. The zero-order chi connectivity index (χ0) is 14.0. The molecule has 0 aliphatic heterocycles. The number of thiophene rings is 1. The van der Waals surface area contributed by atoms with E-state index in [9.17, 15) is 0 Å². The van der Waals surface area contributed by atoms with Crippen LogP contribution in [0.3, 0.4) is 0 Å². The van der Waals surface area contributed by atoms with Crippen LogP contribution in [0.2, 0.25) is 18.1 Å². The molecular weight excluding hydrogens is 264 g/mol. The van der Waals surface area contributed by atoms with Crippen LogP contribution in [0.25, 0.3) is 0 Å². The maximum atomic E-state index is 8.61. The minimum atomic E-state index is -1.72. The van der Waals surface area contributed by atoms with Gasteiger partial charge in [-0.3, -0.25) is 0 Å². The molecule has 0 atom stereocenters. The lowest BCUT2D eigenvalue weighted by atomic mass is 10.2. The van der Waals surface area contributed by atoms with Crippen molar-refractivity contribution in [2.75, 3.05) is 0 Å². The molecule has 0 amide bonds. The zero-order valence-electron chi connectivity index (χ0n) is 11.7. The molecule has 1 aromatic rings. The van der Waals surface area contributed by atoms with E-state index in [4.69, 9.17) is 15.4 Å². The van der Waals surface area contributed by atoms with Crippen molar-refractivity contribution in [1.82, 2.24) is 0 Å². The van der Waals surface area contributed by atoms with E-state index in [-0.39, 0.29) is 10.9 Å². The topological polar surface area (TPSA) is 67.8 Å². The first kappa shape index (κ1) is 15.2. The third kappa shape index (κ3) is 3.57. The summed E-state index contributed by atoms with van der Waals surface area (Å²) in [5, 5.41) is 11.8. The van der Waals surface area contributed by atoms with Crippen molar-refractivity contribution in [3.8, 4) is 0 Å². The third-order valence-electron chi connectivity index (χ3n) is 3.40. The van der Waals surface area contributed by atoms with E-state index in [1.807, 2.05) is 12.1 Å². The summed E-state index contributed by atoms with van der Waals surface area (Å²) in [4.78, 5) is 1.87. The van der Waals surface area contributed by atoms with Crippen molar-refractivity contribution >= 4 is 25.5 Å². The van der Waals surface area contributed by atoms with Crippen LogP contribution in [0.1, 0.15) is 30.5 Å². The molecule has 0 radical (unpaired) electrons. The van der Waals surface area contributed by atoms with Crippen LogP contribution in [0, 0.1) is 0 Å². The highest BCUT2D eigenvalue weighted by molar-refractivity contribution is 7.14. The Morgan fingerprint density at radius 2 is 2.06 bits per heavy atom. The van der Waals surface area contributed by atoms with Crippen molar-refractivity contribution in [3.05, 3.63) is 21.9 Å². The highest BCUT2D eigenvalue weighted by atomic mass is 32.1. The minimum absolute atomic E-state index is 0.151. The van der Waals surface area contributed by atoms with Gasteiger partial charge in [-0.05, 0) is 30.3 Å². The molecule has 0 unspecified atom stereocenters. The Morgan fingerprint density at radius 3 is 2.56 bits per heavy atom. The number of nitrogens with zero attached hydrogens (tertiary/aromatic N) is 1. The quantitative estimate of drug-likeness (QED) is 0.293. The lowest BCUT2D eigenvalue weighted by molar-refractivity contribution is 0.279. The number of hydrogen-bond acceptors (Lipinski definition) is 4. The number of amidine groups is 1. The average Bonchev–Trinajstić information content (AvgIpc) is 2.72. The molecule has 102 valence electrons. The van der Waals surface area contributed by atoms with Crippen LogP contribution in [-0.2, 0) is 11.0 Å². The predicted molar refractivity (Wildman–Crippen MR) is 78.8 cm³/mol. The van der Waals surface area contributed by atoms with Gasteiger partial charge in [-0.25, -0.2) is 0 Å². The summed E-state index contributed by atoms with van der Waals surface area (Å²) >= 11 is 1.50. The Bertz CT molecular complexity index is 436. The van der Waals surface area contributed by atoms with Crippen LogP contribution in [-0.4, -0.2) is 19.4 Å². The van der Waals surface area contributed by atoms with Crippen molar-refractivity contribution in [1.29, 1.82) is 0 Å². The van der Waals surface area contributed by atoms with Gasteiger partial charge >= 0.3 is 0 Å². The molecule has 4 nitrogen and oxygen atoms in total. The molecule has 0 spiro atoms. The van der Waals surface area contributed by atoms with Crippen LogP contribution >= 0.6 is 11.3 Å². The van der Waals surface area contributed by atoms with Gasteiger partial charge in [0.15, 0.2) is 14.2 Å². The summed E-state index contributed by atoms with van der Waals surface area (Å²) in [6.45, 7) is 11.7. The SMILES string of the molecule is CC(C)(C)[Si](C)(C)OCc1ccc(C(N)=NO)s1. The molecule has 0 saturated heterocycles. The molecule has 1 rings (SSSR count). The summed E-state index contributed by atoms with van der Waals surface area (Å²) in [5.41, 5.74) is 5.54. The lowest BCUT2D eigenvalue weighted by Crippen LogP contribution is -2.40. The minimum Gasteiger partial charge on any atom is -0.412 e. The number of oxime groups is 1. The number of hydrogen-bond donors (Lipinski definition) is 2.